The Morgan fingerprint density at radius 3 is 1.57 bits per heavy atom. The molecule has 0 spiro atoms. The van der Waals surface area contributed by atoms with E-state index in [-0.39, 0.29) is 0 Å². The van der Waals surface area contributed by atoms with Crippen LogP contribution in [0.5, 0.6) is 0 Å². The van der Waals surface area contributed by atoms with Crippen molar-refractivity contribution in [2.24, 2.45) is 0 Å². The second-order valence-electron chi connectivity index (χ2n) is 6.65. The summed E-state index contributed by atoms with van der Waals surface area (Å²) in [6.07, 6.45) is 0. The first-order valence-electron chi connectivity index (χ1n) is 9.42. The Labute approximate surface area is 166 Å². The lowest BCUT2D eigenvalue weighted by Crippen LogP contribution is -2.32. The molecule has 0 atom stereocenters. The summed E-state index contributed by atoms with van der Waals surface area (Å²) in [5.41, 5.74) is 4.58. The van der Waals surface area contributed by atoms with E-state index in [2.05, 4.69) is 84.2 Å². The summed E-state index contributed by atoms with van der Waals surface area (Å²) >= 11 is 0. The third kappa shape index (κ3) is 3.30. The summed E-state index contributed by atoms with van der Waals surface area (Å²) in [6.45, 7) is 0. The fourth-order valence-electron chi connectivity index (χ4n) is 3.75. The van der Waals surface area contributed by atoms with E-state index in [4.69, 9.17) is 4.74 Å². The molecule has 4 aromatic rings. The number of benzene rings is 4. The first-order chi connectivity index (χ1) is 13.8. The fourth-order valence-corrected chi connectivity index (χ4v) is 3.75. The Bertz CT molecular complexity index is 974. The molecule has 4 rings (SSSR count). The molecule has 4 aromatic carbocycles. The Hall–Kier alpha value is -3.36. The van der Waals surface area contributed by atoms with Crippen LogP contribution in [-0.2, 0) is 10.3 Å². The number of ether oxygens (including phenoxy) is 1. The highest BCUT2D eigenvalue weighted by atomic mass is 16.5. The van der Waals surface area contributed by atoms with E-state index in [1.54, 1.807) is 7.11 Å². The van der Waals surface area contributed by atoms with Crippen LogP contribution in [-0.4, -0.2) is 7.11 Å². The van der Waals surface area contributed by atoms with Gasteiger partial charge >= 0.3 is 0 Å². The van der Waals surface area contributed by atoms with Gasteiger partial charge in [0.15, 0.2) is 0 Å². The van der Waals surface area contributed by atoms with Crippen LogP contribution in [0.3, 0.4) is 0 Å². The zero-order valence-corrected chi connectivity index (χ0v) is 15.9. The minimum atomic E-state index is -0.721. The average molecular weight is 365 g/mol. The molecule has 0 saturated carbocycles. The van der Waals surface area contributed by atoms with Crippen molar-refractivity contribution in [3.8, 4) is 0 Å². The third-order valence-electron chi connectivity index (χ3n) is 5.03. The molecule has 2 nitrogen and oxygen atoms in total. The first-order valence-corrected chi connectivity index (χ1v) is 9.42. The van der Waals surface area contributed by atoms with Crippen LogP contribution in [0.4, 0.5) is 11.4 Å². The average Bonchev–Trinajstić information content (AvgIpc) is 2.78. The lowest BCUT2D eigenvalue weighted by molar-refractivity contribution is 0.0591. The fraction of sp³-hybridized carbons (Fsp3) is 0.0769. The van der Waals surface area contributed by atoms with Crippen molar-refractivity contribution in [3.05, 3.63) is 132 Å². The largest absolute Gasteiger partial charge is 0.364 e. The Morgan fingerprint density at radius 1 is 0.571 bits per heavy atom. The number of rotatable bonds is 6. The molecule has 0 amide bonds. The lowest BCUT2D eigenvalue weighted by atomic mass is 9.79. The van der Waals surface area contributed by atoms with E-state index in [1.807, 2.05) is 36.4 Å². The number of para-hydroxylation sites is 2. The summed E-state index contributed by atoms with van der Waals surface area (Å²) in [6, 6.07) is 39.3. The van der Waals surface area contributed by atoms with Crippen molar-refractivity contribution < 1.29 is 4.74 Å². The summed E-state index contributed by atoms with van der Waals surface area (Å²) in [7, 11) is 1.78. The normalized spacial score (nSPS) is 11.2. The smallest absolute Gasteiger partial charge is 0.145 e. The number of nitrogens with one attached hydrogen (secondary N) is 1. The van der Waals surface area contributed by atoms with Gasteiger partial charge in [-0.25, -0.2) is 0 Å². The molecule has 0 aliphatic rings. The van der Waals surface area contributed by atoms with E-state index in [0.717, 1.165) is 28.1 Å². The van der Waals surface area contributed by atoms with Crippen LogP contribution >= 0.6 is 0 Å². The van der Waals surface area contributed by atoms with Crippen molar-refractivity contribution in [2.75, 3.05) is 12.4 Å². The van der Waals surface area contributed by atoms with Gasteiger partial charge in [-0.2, -0.15) is 0 Å². The summed E-state index contributed by atoms with van der Waals surface area (Å²) < 4.78 is 6.33. The second-order valence-corrected chi connectivity index (χ2v) is 6.65. The Kier molecular flexibility index (Phi) is 5.22. The van der Waals surface area contributed by atoms with E-state index < -0.39 is 5.60 Å². The highest BCUT2D eigenvalue weighted by molar-refractivity contribution is 5.67. The summed E-state index contributed by atoms with van der Waals surface area (Å²) in [5.74, 6) is 0. The van der Waals surface area contributed by atoms with Crippen molar-refractivity contribution in [3.63, 3.8) is 0 Å². The van der Waals surface area contributed by atoms with Crippen LogP contribution in [0.2, 0.25) is 0 Å². The van der Waals surface area contributed by atoms with E-state index in [1.165, 1.54) is 0 Å². The molecule has 0 saturated heterocycles. The zero-order chi connectivity index (χ0) is 19.2. The van der Waals surface area contributed by atoms with Crippen molar-refractivity contribution >= 4 is 11.4 Å². The predicted molar refractivity (Wildman–Crippen MR) is 116 cm³/mol. The maximum atomic E-state index is 6.33. The van der Waals surface area contributed by atoms with Crippen LogP contribution in [0, 0.1) is 0 Å². The molecule has 0 heterocycles. The molecular formula is C26H23NO. The topological polar surface area (TPSA) is 21.3 Å². The minimum Gasteiger partial charge on any atom is -0.364 e. The van der Waals surface area contributed by atoms with E-state index >= 15 is 0 Å². The molecule has 0 unspecified atom stereocenters. The van der Waals surface area contributed by atoms with Gasteiger partial charge in [-0.05, 0) is 29.3 Å². The van der Waals surface area contributed by atoms with Crippen molar-refractivity contribution in [1.29, 1.82) is 0 Å². The van der Waals surface area contributed by atoms with Crippen LogP contribution in [0.25, 0.3) is 0 Å². The first kappa shape index (κ1) is 18.0. The molecule has 0 fully saturated rings. The maximum absolute atomic E-state index is 6.33. The summed E-state index contributed by atoms with van der Waals surface area (Å²) in [4.78, 5) is 0. The number of anilines is 2. The van der Waals surface area contributed by atoms with Gasteiger partial charge in [0, 0.05) is 24.0 Å². The lowest BCUT2D eigenvalue weighted by Gasteiger charge is -2.36. The van der Waals surface area contributed by atoms with Gasteiger partial charge in [-0.3, -0.25) is 0 Å². The van der Waals surface area contributed by atoms with Crippen LogP contribution in [0.15, 0.2) is 115 Å². The zero-order valence-electron chi connectivity index (χ0n) is 15.9. The van der Waals surface area contributed by atoms with Crippen molar-refractivity contribution in [2.45, 2.75) is 5.60 Å². The van der Waals surface area contributed by atoms with Gasteiger partial charge in [0.25, 0.3) is 0 Å². The minimum absolute atomic E-state index is 0.721. The Balaban J connectivity index is 1.94. The molecule has 0 radical (unpaired) electrons. The third-order valence-corrected chi connectivity index (χ3v) is 5.03. The number of hydrogen-bond acceptors (Lipinski definition) is 2. The standard InChI is InChI=1S/C26H23NO/c1-28-26(21-13-5-2-6-14-21,22-15-7-3-8-16-22)24-19-11-12-20-25(24)27-23-17-9-4-10-18-23/h2-20,27H,1H3. The molecule has 0 aliphatic heterocycles. The van der Waals surface area contributed by atoms with Crippen molar-refractivity contribution in [1.82, 2.24) is 0 Å². The monoisotopic (exact) mass is 365 g/mol. The van der Waals surface area contributed by atoms with Crippen LogP contribution < -0.4 is 5.32 Å². The molecule has 28 heavy (non-hydrogen) atoms. The second kappa shape index (κ2) is 8.12. The van der Waals surface area contributed by atoms with Gasteiger partial charge in [-0.15, -0.1) is 0 Å². The van der Waals surface area contributed by atoms with Gasteiger partial charge in [0.05, 0.1) is 0 Å². The predicted octanol–water partition coefficient (Wildman–Crippen LogP) is 6.37. The van der Waals surface area contributed by atoms with Gasteiger partial charge < -0.3 is 10.1 Å². The van der Waals surface area contributed by atoms with Gasteiger partial charge in [0.2, 0.25) is 0 Å². The molecular weight excluding hydrogens is 342 g/mol. The molecule has 1 N–H and O–H groups in total. The maximum Gasteiger partial charge on any atom is 0.145 e. The number of hydrogen-bond donors (Lipinski definition) is 1. The molecule has 0 bridgehead atoms. The summed E-state index contributed by atoms with van der Waals surface area (Å²) in [5, 5.41) is 3.57. The van der Waals surface area contributed by atoms with Gasteiger partial charge in [0.1, 0.15) is 5.60 Å². The molecule has 0 aromatic heterocycles. The highest BCUT2D eigenvalue weighted by Gasteiger charge is 2.38. The van der Waals surface area contributed by atoms with E-state index in [0.29, 0.717) is 0 Å². The van der Waals surface area contributed by atoms with E-state index in [9.17, 15) is 0 Å². The number of methoxy groups -OCH3 is 1. The molecule has 0 aliphatic carbocycles. The quantitative estimate of drug-likeness (QED) is 0.401. The Morgan fingerprint density at radius 2 is 1.04 bits per heavy atom. The molecule has 2 heteroatoms. The highest BCUT2D eigenvalue weighted by Crippen LogP contribution is 2.43. The SMILES string of the molecule is COC(c1ccccc1)(c1ccccc1)c1ccccc1Nc1ccccc1. The van der Waals surface area contributed by atoms with Crippen LogP contribution in [0.1, 0.15) is 16.7 Å². The van der Waals surface area contributed by atoms with Gasteiger partial charge in [-0.1, -0.05) is 97.1 Å². The molecule has 138 valence electrons.